The molecule has 1 fully saturated rings. The fraction of sp³-hybridized carbons (Fsp3) is 0.333. The summed E-state index contributed by atoms with van der Waals surface area (Å²) in [7, 11) is -1.92. The average molecular weight is 206 g/mol. The maximum absolute atomic E-state index is 6.12. The molecule has 0 aromatic rings. The molecule has 1 heterocycles. The molecule has 76 valence electrons. The van der Waals surface area contributed by atoms with Crippen LogP contribution < -0.4 is 0 Å². The van der Waals surface area contributed by atoms with Gasteiger partial charge in [0.2, 0.25) is 8.32 Å². The van der Waals surface area contributed by atoms with E-state index in [-0.39, 0.29) is 5.60 Å². The SMILES string of the molecule is C=CC1(C=C)CCC[Si](C=C)(C=C)O1. The normalized spacial score (nSPS) is 23.4. The second-order valence-corrected chi connectivity index (χ2v) is 7.11. The van der Waals surface area contributed by atoms with Crippen LogP contribution in [0.1, 0.15) is 12.8 Å². The lowest BCUT2D eigenvalue weighted by Crippen LogP contribution is -2.48. The lowest BCUT2D eigenvalue weighted by Gasteiger charge is -2.41. The zero-order valence-corrected chi connectivity index (χ0v) is 9.67. The molecule has 2 heteroatoms. The summed E-state index contributed by atoms with van der Waals surface area (Å²) in [6.45, 7) is 15.4. The Morgan fingerprint density at radius 3 is 2.07 bits per heavy atom. The first-order chi connectivity index (χ1) is 6.66. The van der Waals surface area contributed by atoms with E-state index >= 15 is 0 Å². The van der Waals surface area contributed by atoms with E-state index < -0.39 is 8.32 Å². The second-order valence-electron chi connectivity index (χ2n) is 3.68. The fourth-order valence-electron chi connectivity index (χ4n) is 1.84. The van der Waals surface area contributed by atoms with Crippen molar-refractivity contribution in [1.29, 1.82) is 0 Å². The van der Waals surface area contributed by atoms with Crippen molar-refractivity contribution in [3.05, 3.63) is 49.9 Å². The Kier molecular flexibility index (Phi) is 3.29. The summed E-state index contributed by atoms with van der Waals surface area (Å²) in [5.74, 6) is 0. The van der Waals surface area contributed by atoms with E-state index in [2.05, 4.69) is 26.3 Å². The van der Waals surface area contributed by atoms with Crippen LogP contribution in [-0.4, -0.2) is 13.9 Å². The Bertz CT molecular complexity index is 225. The summed E-state index contributed by atoms with van der Waals surface area (Å²) in [6, 6.07) is 1.07. The van der Waals surface area contributed by atoms with Crippen molar-refractivity contribution in [2.45, 2.75) is 24.5 Å². The maximum Gasteiger partial charge on any atom is 0.242 e. The van der Waals surface area contributed by atoms with Gasteiger partial charge in [-0.3, -0.25) is 0 Å². The van der Waals surface area contributed by atoms with Gasteiger partial charge in [-0.15, -0.1) is 13.2 Å². The molecule has 0 bridgehead atoms. The molecule has 14 heavy (non-hydrogen) atoms. The van der Waals surface area contributed by atoms with E-state index in [0.717, 1.165) is 18.9 Å². The third kappa shape index (κ3) is 1.81. The minimum atomic E-state index is -1.92. The molecule has 0 amide bonds. The molecule has 0 unspecified atom stereocenters. The van der Waals surface area contributed by atoms with Crippen LogP contribution in [0.3, 0.4) is 0 Å². The molecule has 1 saturated heterocycles. The van der Waals surface area contributed by atoms with Crippen LogP contribution in [0.25, 0.3) is 0 Å². The Morgan fingerprint density at radius 1 is 1.07 bits per heavy atom. The molecule has 0 spiro atoms. The summed E-state index contributed by atoms with van der Waals surface area (Å²) in [6.07, 6.45) is 5.78. The zero-order valence-electron chi connectivity index (χ0n) is 8.67. The molecule has 0 saturated carbocycles. The summed E-state index contributed by atoms with van der Waals surface area (Å²) < 4.78 is 6.12. The van der Waals surface area contributed by atoms with Crippen LogP contribution in [0.4, 0.5) is 0 Å². The topological polar surface area (TPSA) is 9.23 Å². The molecule has 0 atom stereocenters. The van der Waals surface area contributed by atoms with Crippen LogP contribution >= 0.6 is 0 Å². The van der Waals surface area contributed by atoms with E-state index in [1.54, 1.807) is 0 Å². The van der Waals surface area contributed by atoms with Gasteiger partial charge in [0, 0.05) is 0 Å². The maximum atomic E-state index is 6.12. The average Bonchev–Trinajstić information content (AvgIpc) is 2.29. The quantitative estimate of drug-likeness (QED) is 0.506. The summed E-state index contributed by atoms with van der Waals surface area (Å²) in [5.41, 5.74) is 3.54. The lowest BCUT2D eigenvalue weighted by atomic mass is 9.99. The largest absolute Gasteiger partial charge is 0.397 e. The lowest BCUT2D eigenvalue weighted by molar-refractivity contribution is 0.136. The van der Waals surface area contributed by atoms with Crippen molar-refractivity contribution in [2.24, 2.45) is 0 Å². The molecule has 0 N–H and O–H groups in total. The Hall–Kier alpha value is -0.863. The van der Waals surface area contributed by atoms with Gasteiger partial charge < -0.3 is 4.43 Å². The highest BCUT2D eigenvalue weighted by molar-refractivity contribution is 6.83. The standard InChI is InChI=1S/C12H18OSi/c1-5-12(6-2)10-9-11-14(7-3,8-4)13-12/h5-8H,1-4,9-11H2. The van der Waals surface area contributed by atoms with Crippen molar-refractivity contribution >= 4 is 8.32 Å². The minimum Gasteiger partial charge on any atom is -0.397 e. The Balaban J connectivity index is 2.96. The van der Waals surface area contributed by atoms with E-state index in [0.29, 0.717) is 0 Å². The zero-order chi connectivity index (χ0) is 10.7. The van der Waals surface area contributed by atoms with Crippen molar-refractivity contribution in [2.75, 3.05) is 0 Å². The third-order valence-corrected chi connectivity index (χ3v) is 6.17. The van der Waals surface area contributed by atoms with E-state index in [9.17, 15) is 0 Å². The smallest absolute Gasteiger partial charge is 0.242 e. The Morgan fingerprint density at radius 2 is 1.64 bits per heavy atom. The van der Waals surface area contributed by atoms with E-state index in [1.165, 1.54) is 0 Å². The summed E-state index contributed by atoms with van der Waals surface area (Å²) >= 11 is 0. The molecule has 1 nitrogen and oxygen atoms in total. The molecule has 0 aromatic heterocycles. The van der Waals surface area contributed by atoms with Gasteiger partial charge in [-0.05, 0) is 18.9 Å². The van der Waals surface area contributed by atoms with Gasteiger partial charge in [0.15, 0.2) is 0 Å². The number of hydrogen-bond acceptors (Lipinski definition) is 1. The molecule has 0 aromatic carbocycles. The van der Waals surface area contributed by atoms with Gasteiger partial charge in [-0.1, -0.05) is 36.7 Å². The Labute approximate surface area is 87.6 Å². The highest BCUT2D eigenvalue weighted by Gasteiger charge is 2.40. The fourth-order valence-corrected chi connectivity index (χ4v) is 4.39. The third-order valence-electron chi connectivity index (χ3n) is 2.90. The predicted molar refractivity (Wildman–Crippen MR) is 64.4 cm³/mol. The predicted octanol–water partition coefficient (Wildman–Crippen LogP) is 3.30. The van der Waals surface area contributed by atoms with Gasteiger partial charge in [0.05, 0.1) is 5.60 Å². The monoisotopic (exact) mass is 206 g/mol. The van der Waals surface area contributed by atoms with Gasteiger partial charge >= 0.3 is 0 Å². The first-order valence-electron chi connectivity index (χ1n) is 4.90. The second kappa shape index (κ2) is 4.11. The van der Waals surface area contributed by atoms with E-state index in [4.69, 9.17) is 4.43 Å². The molecule has 0 radical (unpaired) electrons. The summed E-state index contributed by atoms with van der Waals surface area (Å²) in [4.78, 5) is 0. The molecule has 0 aliphatic carbocycles. The van der Waals surface area contributed by atoms with Gasteiger partial charge in [-0.2, -0.15) is 0 Å². The van der Waals surface area contributed by atoms with Crippen molar-refractivity contribution in [3.8, 4) is 0 Å². The minimum absolute atomic E-state index is 0.354. The highest BCUT2D eigenvalue weighted by Crippen LogP contribution is 2.36. The van der Waals surface area contributed by atoms with Crippen molar-refractivity contribution in [1.82, 2.24) is 0 Å². The van der Waals surface area contributed by atoms with Crippen molar-refractivity contribution < 1.29 is 4.43 Å². The van der Waals surface area contributed by atoms with Gasteiger partial charge in [0.25, 0.3) is 0 Å². The van der Waals surface area contributed by atoms with Crippen LogP contribution in [-0.2, 0) is 4.43 Å². The first-order valence-corrected chi connectivity index (χ1v) is 7.17. The summed E-state index contributed by atoms with van der Waals surface area (Å²) in [5, 5.41) is 0. The highest BCUT2D eigenvalue weighted by atomic mass is 28.4. The van der Waals surface area contributed by atoms with Crippen LogP contribution in [0.2, 0.25) is 6.04 Å². The van der Waals surface area contributed by atoms with E-state index in [1.807, 2.05) is 23.6 Å². The number of hydrogen-bond donors (Lipinski definition) is 0. The van der Waals surface area contributed by atoms with Gasteiger partial charge in [0.1, 0.15) is 0 Å². The molecule has 1 rings (SSSR count). The molecular formula is C12H18OSi. The number of rotatable bonds is 4. The van der Waals surface area contributed by atoms with Crippen molar-refractivity contribution in [3.63, 3.8) is 0 Å². The molecule has 1 aliphatic heterocycles. The van der Waals surface area contributed by atoms with Crippen LogP contribution in [0.15, 0.2) is 49.9 Å². The van der Waals surface area contributed by atoms with Crippen LogP contribution in [0, 0.1) is 0 Å². The first kappa shape index (κ1) is 11.2. The van der Waals surface area contributed by atoms with Crippen LogP contribution in [0.5, 0.6) is 0 Å². The van der Waals surface area contributed by atoms with Gasteiger partial charge in [-0.25, -0.2) is 0 Å². The molecular weight excluding hydrogens is 188 g/mol. The molecule has 1 aliphatic rings.